The van der Waals surface area contributed by atoms with Crippen molar-refractivity contribution in [1.82, 2.24) is 9.82 Å². The van der Waals surface area contributed by atoms with Crippen LogP contribution in [-0.2, 0) is 11.9 Å². The Morgan fingerprint density at radius 1 is 1.75 bits per heavy atom. The molecule has 0 aromatic carbocycles. The summed E-state index contributed by atoms with van der Waals surface area (Å²) in [4.78, 5) is 7.08. The van der Waals surface area contributed by atoms with Crippen molar-refractivity contribution in [3.8, 4) is 0 Å². The highest BCUT2D eigenvalue weighted by Crippen LogP contribution is 1.79. The Balaban J connectivity index is 2.41. The lowest BCUT2D eigenvalue weighted by Crippen LogP contribution is -3.05. The average molecular weight is 120 g/mol. The summed E-state index contributed by atoms with van der Waals surface area (Å²) < 4.78 is 4.59. The molecule has 0 spiro atoms. The quantitative estimate of drug-likeness (QED) is 0.488. The van der Waals surface area contributed by atoms with E-state index in [0.717, 1.165) is 0 Å². The standard InChI is InChI=1S/C2H8N4O2/c1-4-6(8-4)5(3)7-2/h3,5H,1-2H3. The number of nitrogens with zero attached hydrogens (tertiary/aromatic N) is 2. The Kier molecular flexibility index (Phi) is 1.12. The minimum atomic E-state index is -0.00694. The molecule has 0 aliphatic rings. The third-order valence-corrected chi connectivity index (χ3v) is 0.794. The van der Waals surface area contributed by atoms with Crippen LogP contribution in [0.15, 0.2) is 4.63 Å². The monoisotopic (exact) mass is 120 g/mol. The van der Waals surface area contributed by atoms with Crippen LogP contribution >= 0.6 is 0 Å². The van der Waals surface area contributed by atoms with E-state index in [4.69, 9.17) is 5.84 Å². The van der Waals surface area contributed by atoms with Gasteiger partial charge >= 0.3 is 0 Å². The van der Waals surface area contributed by atoms with Crippen LogP contribution < -0.4 is 5.28 Å². The molecule has 6 nitrogen and oxygen atoms in total. The van der Waals surface area contributed by atoms with Crippen LogP contribution in [0.5, 0.6) is 0 Å². The highest BCUT2D eigenvalue weighted by atomic mass is 16.9. The third kappa shape index (κ3) is 0.760. The smallest absolute Gasteiger partial charge is 0.106 e. The zero-order valence-electron chi connectivity index (χ0n) is 4.71. The van der Waals surface area contributed by atoms with Crippen molar-refractivity contribution in [2.24, 2.45) is 7.05 Å². The van der Waals surface area contributed by atoms with Gasteiger partial charge in [-0.15, -0.1) is 5.28 Å². The first-order chi connectivity index (χ1) is 3.75. The molecule has 2 N–H and O–H groups in total. The lowest BCUT2D eigenvalue weighted by molar-refractivity contribution is -1.09. The van der Waals surface area contributed by atoms with Crippen molar-refractivity contribution >= 4 is 0 Å². The van der Waals surface area contributed by atoms with E-state index in [1.807, 2.05) is 0 Å². The van der Waals surface area contributed by atoms with Crippen LogP contribution in [0.2, 0.25) is 0 Å². The summed E-state index contributed by atoms with van der Waals surface area (Å²) in [6.45, 7) is 0. The first-order valence-corrected chi connectivity index (χ1v) is 2.10. The molecule has 0 aliphatic carbocycles. The summed E-state index contributed by atoms with van der Waals surface area (Å²) >= 11 is 0. The average Bonchev–Trinajstić information content (AvgIpc) is 2.45. The summed E-state index contributed by atoms with van der Waals surface area (Å²) in [6.07, 6.45) is 0. The van der Waals surface area contributed by atoms with E-state index in [-0.39, 0.29) is 5.28 Å². The van der Waals surface area contributed by atoms with Crippen molar-refractivity contribution in [3.63, 3.8) is 0 Å². The molecule has 1 aromatic rings. The Morgan fingerprint density at radius 3 is 2.38 bits per heavy atom. The topological polar surface area (TPSA) is 60.5 Å². The van der Waals surface area contributed by atoms with Gasteiger partial charge in [0.2, 0.25) is 0 Å². The molecule has 1 unspecified atom stereocenters. The Morgan fingerprint density at radius 2 is 2.25 bits per heavy atom. The molecule has 1 heterocycles. The molecule has 6 heteroatoms. The van der Waals surface area contributed by atoms with Gasteiger partial charge in [-0.05, 0) is 4.85 Å². The first kappa shape index (κ1) is 5.42. The van der Waals surface area contributed by atoms with E-state index in [1.165, 1.54) is 16.9 Å². The molecule has 0 saturated carbocycles. The van der Waals surface area contributed by atoms with E-state index < -0.39 is 0 Å². The fraction of sp³-hybridized carbons (Fsp3) is 1.00. The molecule has 1 rings (SSSR count). The normalized spacial score (nSPS) is 14.9. The van der Waals surface area contributed by atoms with Crippen molar-refractivity contribution in [3.05, 3.63) is 5.84 Å². The van der Waals surface area contributed by atoms with Crippen LogP contribution in [0.4, 0.5) is 0 Å². The largest absolute Gasteiger partial charge is 0.402 e. The second-order valence-corrected chi connectivity index (χ2v) is 1.33. The van der Waals surface area contributed by atoms with Crippen molar-refractivity contribution in [1.29, 1.82) is 0 Å². The maximum Gasteiger partial charge on any atom is 0.106 e. The zero-order valence-corrected chi connectivity index (χ0v) is 4.71. The number of hydrogen-bond acceptors (Lipinski definition) is 2. The SMILES string of the molecule is CO[NH+]([NH-])n1on1C. The van der Waals surface area contributed by atoms with Gasteiger partial charge in [-0.25, -0.2) is 4.63 Å². The van der Waals surface area contributed by atoms with Gasteiger partial charge in [0.05, 0.1) is 14.2 Å². The third-order valence-electron chi connectivity index (χ3n) is 0.794. The molecule has 8 heavy (non-hydrogen) atoms. The molecule has 0 radical (unpaired) electrons. The number of quaternary nitrogens is 1. The van der Waals surface area contributed by atoms with Crippen LogP contribution in [0.25, 0.3) is 5.84 Å². The molecule has 48 valence electrons. The number of nitrogens with one attached hydrogen (secondary N) is 2. The van der Waals surface area contributed by atoms with E-state index in [9.17, 15) is 0 Å². The van der Waals surface area contributed by atoms with Crippen LogP contribution in [-0.4, -0.2) is 16.9 Å². The van der Waals surface area contributed by atoms with E-state index >= 15 is 0 Å². The molecule has 1 aromatic heterocycles. The van der Waals surface area contributed by atoms with Crippen LogP contribution in [0.1, 0.15) is 0 Å². The van der Waals surface area contributed by atoms with Gasteiger partial charge in [0, 0.05) is 0 Å². The van der Waals surface area contributed by atoms with Crippen molar-refractivity contribution in [2.45, 2.75) is 0 Å². The summed E-state index contributed by atoms with van der Waals surface area (Å²) in [5, 5.41) is -0.00694. The Labute approximate surface area is 45.8 Å². The molecular formula is C2H8N4O2. The number of aryl methyl sites for hydroxylation is 1. The van der Waals surface area contributed by atoms with Gasteiger partial charge < -0.3 is 5.84 Å². The maximum absolute atomic E-state index is 6.92. The van der Waals surface area contributed by atoms with Gasteiger partial charge in [-0.1, -0.05) is 0 Å². The molecule has 0 amide bonds. The van der Waals surface area contributed by atoms with Gasteiger partial charge in [0.25, 0.3) is 0 Å². The second-order valence-electron chi connectivity index (χ2n) is 1.33. The molecule has 1 atom stereocenters. The van der Waals surface area contributed by atoms with Gasteiger partial charge in [-0.2, -0.15) is 4.84 Å². The summed E-state index contributed by atoms with van der Waals surface area (Å²) in [7, 11) is 3.09. The Hall–Kier alpha value is -0.720. The van der Waals surface area contributed by atoms with Crippen molar-refractivity contribution in [2.75, 3.05) is 7.11 Å². The van der Waals surface area contributed by atoms with E-state index in [1.54, 1.807) is 7.05 Å². The van der Waals surface area contributed by atoms with Crippen molar-refractivity contribution < 1.29 is 14.7 Å². The number of rotatable bonds is 2. The van der Waals surface area contributed by atoms with Gasteiger partial charge in [0.15, 0.2) is 0 Å². The maximum atomic E-state index is 6.92. The van der Waals surface area contributed by atoms with Gasteiger partial charge in [-0.3, -0.25) is 0 Å². The number of aromatic nitrogens is 2. The molecular weight excluding hydrogens is 112 g/mol. The van der Waals surface area contributed by atoms with Crippen LogP contribution in [0, 0.1) is 0 Å². The van der Waals surface area contributed by atoms with E-state index in [2.05, 4.69) is 9.47 Å². The fourth-order valence-electron chi connectivity index (χ4n) is 0.339. The first-order valence-electron chi connectivity index (χ1n) is 2.10. The van der Waals surface area contributed by atoms with E-state index in [0.29, 0.717) is 0 Å². The molecule has 0 fully saturated rings. The lowest BCUT2D eigenvalue weighted by Gasteiger charge is -2.05. The minimum absolute atomic E-state index is 0.00694. The fourth-order valence-corrected chi connectivity index (χ4v) is 0.339. The highest BCUT2D eigenvalue weighted by molar-refractivity contribution is 4.03. The zero-order chi connectivity index (χ0) is 6.15. The number of hydrogen-bond donors (Lipinski definition) is 1. The highest BCUT2D eigenvalue weighted by Gasteiger charge is 2.10. The second kappa shape index (κ2) is 1.66. The summed E-state index contributed by atoms with van der Waals surface area (Å²) in [5.74, 6) is 6.92. The summed E-state index contributed by atoms with van der Waals surface area (Å²) in [6, 6.07) is 0. The predicted octanol–water partition coefficient (Wildman–Crippen LogP) is -1.40. The predicted molar refractivity (Wildman–Crippen MR) is 23.4 cm³/mol. The minimum Gasteiger partial charge on any atom is -0.402 e. The molecule has 0 aliphatic heterocycles. The summed E-state index contributed by atoms with van der Waals surface area (Å²) in [5.41, 5.74) is 0. The Bertz CT molecular complexity index is 151. The lowest BCUT2D eigenvalue weighted by atomic mass is 11.5. The molecule has 0 saturated heterocycles. The molecule has 0 bridgehead atoms. The van der Waals surface area contributed by atoms with Crippen LogP contribution in [0.3, 0.4) is 0 Å². The van der Waals surface area contributed by atoms with Gasteiger partial charge in [0.1, 0.15) is 4.96 Å².